The molecule has 0 N–H and O–H groups in total. The van der Waals surface area contributed by atoms with Gasteiger partial charge in [-0.2, -0.15) is 0 Å². The minimum absolute atomic E-state index is 0.561. The molecule has 0 saturated carbocycles. The third kappa shape index (κ3) is 1.51. The Kier molecular flexibility index (Phi) is 2.14. The van der Waals surface area contributed by atoms with E-state index in [4.69, 9.17) is 0 Å². The first-order valence-corrected chi connectivity index (χ1v) is 5.83. The van der Waals surface area contributed by atoms with Crippen LogP contribution in [0.4, 0.5) is 0 Å². The van der Waals surface area contributed by atoms with Gasteiger partial charge in [0.15, 0.2) is 0 Å². The van der Waals surface area contributed by atoms with E-state index in [2.05, 4.69) is 54.3 Å². The monoisotopic (exact) mass is 199 g/mol. The molecule has 2 bridgehead atoms. The van der Waals surface area contributed by atoms with Crippen molar-refractivity contribution < 1.29 is 0 Å². The summed E-state index contributed by atoms with van der Waals surface area (Å²) in [5.74, 6) is 0.821. The Morgan fingerprint density at radius 3 is 2.60 bits per heavy atom. The fraction of sp³-hybridized carbons (Fsp3) is 0.429. The van der Waals surface area contributed by atoms with Crippen molar-refractivity contribution in [2.45, 2.75) is 25.4 Å². The summed E-state index contributed by atoms with van der Waals surface area (Å²) in [5.41, 5.74) is 1.44. The fourth-order valence-electron chi connectivity index (χ4n) is 2.91. The molecule has 3 rings (SSSR count). The molecular formula is C14H17N. The number of rotatable bonds is 2. The van der Waals surface area contributed by atoms with Crippen LogP contribution >= 0.6 is 0 Å². The number of likely N-dealkylation sites (tertiary alicyclic amines) is 1. The molecule has 1 unspecified atom stereocenters. The molecule has 1 aromatic carbocycles. The predicted octanol–water partition coefficient (Wildman–Crippen LogP) is 3.01. The lowest BCUT2D eigenvalue weighted by molar-refractivity contribution is 0.213. The van der Waals surface area contributed by atoms with Crippen LogP contribution in [0.25, 0.3) is 0 Å². The summed E-state index contributed by atoms with van der Waals surface area (Å²) in [6.45, 7) is 3.57. The van der Waals surface area contributed by atoms with Gasteiger partial charge in [-0.15, -0.1) is 0 Å². The average molecular weight is 199 g/mol. The van der Waals surface area contributed by atoms with Gasteiger partial charge in [0.2, 0.25) is 0 Å². The van der Waals surface area contributed by atoms with Gasteiger partial charge in [0.25, 0.3) is 0 Å². The Bertz CT molecular complexity index is 368. The van der Waals surface area contributed by atoms with Crippen molar-refractivity contribution in [2.24, 2.45) is 5.92 Å². The average Bonchev–Trinajstić information content (AvgIpc) is 2.91. The highest BCUT2D eigenvalue weighted by Crippen LogP contribution is 2.37. The van der Waals surface area contributed by atoms with Gasteiger partial charge >= 0.3 is 0 Å². The van der Waals surface area contributed by atoms with Gasteiger partial charge in [0, 0.05) is 18.6 Å². The van der Waals surface area contributed by atoms with Gasteiger partial charge in [0.1, 0.15) is 0 Å². The zero-order chi connectivity index (χ0) is 10.3. The molecule has 0 aromatic heterocycles. The van der Waals surface area contributed by atoms with Gasteiger partial charge in [-0.1, -0.05) is 42.5 Å². The minimum Gasteiger partial charge on any atom is -0.290 e. The Hall–Kier alpha value is -1.08. The van der Waals surface area contributed by atoms with Crippen LogP contribution < -0.4 is 0 Å². The molecule has 78 valence electrons. The second-order valence-electron chi connectivity index (χ2n) is 4.73. The predicted molar refractivity (Wildman–Crippen MR) is 62.6 cm³/mol. The molecule has 1 aliphatic carbocycles. The Labute approximate surface area is 91.4 Å². The molecule has 2 aliphatic rings. The topological polar surface area (TPSA) is 3.24 Å². The van der Waals surface area contributed by atoms with E-state index in [9.17, 15) is 0 Å². The normalized spacial score (nSPS) is 31.0. The summed E-state index contributed by atoms with van der Waals surface area (Å²) in [4.78, 5) is 2.62. The zero-order valence-electron chi connectivity index (χ0n) is 9.13. The van der Waals surface area contributed by atoms with Crippen molar-refractivity contribution >= 4 is 0 Å². The maximum Gasteiger partial charge on any atom is 0.0326 e. The van der Waals surface area contributed by atoms with Crippen LogP contribution in [0.2, 0.25) is 0 Å². The van der Waals surface area contributed by atoms with E-state index < -0.39 is 0 Å². The van der Waals surface area contributed by atoms with Crippen LogP contribution in [0.1, 0.15) is 24.9 Å². The first kappa shape index (κ1) is 9.17. The number of fused-ring (bicyclic) bond motifs is 2. The summed E-state index contributed by atoms with van der Waals surface area (Å²) in [6.07, 6.45) is 6.11. The fourth-order valence-corrected chi connectivity index (χ4v) is 2.91. The van der Waals surface area contributed by atoms with Gasteiger partial charge in [0.05, 0.1) is 0 Å². The summed E-state index contributed by atoms with van der Waals surface area (Å²) in [6, 6.07) is 12.1. The third-order valence-corrected chi connectivity index (χ3v) is 3.80. The summed E-state index contributed by atoms with van der Waals surface area (Å²) < 4.78 is 0. The Morgan fingerprint density at radius 2 is 2.00 bits per heavy atom. The van der Waals surface area contributed by atoms with E-state index >= 15 is 0 Å². The Balaban J connectivity index is 1.81. The van der Waals surface area contributed by atoms with Crippen LogP contribution in [0.5, 0.6) is 0 Å². The second-order valence-corrected chi connectivity index (χ2v) is 4.73. The lowest BCUT2D eigenvalue weighted by Crippen LogP contribution is -2.32. The zero-order valence-corrected chi connectivity index (χ0v) is 9.13. The maximum atomic E-state index is 2.62. The van der Waals surface area contributed by atoms with E-state index in [0.717, 1.165) is 5.92 Å². The van der Waals surface area contributed by atoms with Crippen molar-refractivity contribution in [3.8, 4) is 0 Å². The molecule has 3 atom stereocenters. The first-order valence-electron chi connectivity index (χ1n) is 5.83. The van der Waals surface area contributed by atoms with Crippen molar-refractivity contribution in [3.63, 3.8) is 0 Å². The second kappa shape index (κ2) is 3.49. The maximum absolute atomic E-state index is 2.62. The highest BCUT2D eigenvalue weighted by atomic mass is 15.2. The van der Waals surface area contributed by atoms with E-state index in [-0.39, 0.29) is 0 Å². The summed E-state index contributed by atoms with van der Waals surface area (Å²) in [7, 11) is 0. The number of hydrogen-bond acceptors (Lipinski definition) is 1. The van der Waals surface area contributed by atoms with Gasteiger partial charge < -0.3 is 0 Å². The van der Waals surface area contributed by atoms with Crippen LogP contribution in [-0.4, -0.2) is 17.5 Å². The van der Waals surface area contributed by atoms with E-state index in [1.165, 1.54) is 18.5 Å². The standard InChI is InChI=1S/C14H17N/c1-11(13-5-3-2-4-6-13)15-10-12-7-8-14(15)9-12/h2-8,11-12,14H,9-10H2,1H3/t11-,12+,14?/m0/s1. The largest absolute Gasteiger partial charge is 0.290 e. The van der Waals surface area contributed by atoms with Crippen molar-refractivity contribution in [1.82, 2.24) is 4.90 Å². The molecule has 1 aromatic rings. The van der Waals surface area contributed by atoms with Crippen LogP contribution in [-0.2, 0) is 0 Å². The minimum atomic E-state index is 0.561. The molecule has 1 heterocycles. The lowest BCUT2D eigenvalue weighted by atomic mass is 10.1. The molecule has 1 nitrogen and oxygen atoms in total. The molecule has 0 amide bonds. The smallest absolute Gasteiger partial charge is 0.0326 e. The van der Waals surface area contributed by atoms with E-state index in [0.29, 0.717) is 12.1 Å². The SMILES string of the molecule is C[C@@H](c1ccccc1)N1C[C@@H]2C=CC1C2. The molecule has 0 radical (unpaired) electrons. The molecule has 1 aliphatic heterocycles. The number of benzene rings is 1. The summed E-state index contributed by atoms with van der Waals surface area (Å²) >= 11 is 0. The van der Waals surface area contributed by atoms with Gasteiger partial charge in [-0.3, -0.25) is 4.90 Å². The van der Waals surface area contributed by atoms with Crippen LogP contribution in [0, 0.1) is 5.92 Å². The third-order valence-electron chi connectivity index (χ3n) is 3.80. The van der Waals surface area contributed by atoms with E-state index in [1.807, 2.05) is 0 Å². The quantitative estimate of drug-likeness (QED) is 0.662. The highest BCUT2D eigenvalue weighted by molar-refractivity contribution is 5.22. The number of nitrogens with zero attached hydrogens (tertiary/aromatic N) is 1. The first-order chi connectivity index (χ1) is 7.34. The van der Waals surface area contributed by atoms with Crippen LogP contribution in [0.15, 0.2) is 42.5 Å². The molecule has 1 saturated heterocycles. The van der Waals surface area contributed by atoms with Gasteiger partial charge in [-0.25, -0.2) is 0 Å². The molecule has 1 heteroatoms. The van der Waals surface area contributed by atoms with Crippen molar-refractivity contribution in [1.29, 1.82) is 0 Å². The van der Waals surface area contributed by atoms with E-state index in [1.54, 1.807) is 0 Å². The van der Waals surface area contributed by atoms with Crippen LogP contribution in [0.3, 0.4) is 0 Å². The molecule has 1 fully saturated rings. The van der Waals surface area contributed by atoms with Crippen molar-refractivity contribution in [2.75, 3.05) is 6.54 Å². The molecule has 0 spiro atoms. The number of hydrogen-bond donors (Lipinski definition) is 0. The lowest BCUT2D eigenvalue weighted by Gasteiger charge is -2.30. The Morgan fingerprint density at radius 1 is 1.20 bits per heavy atom. The van der Waals surface area contributed by atoms with Crippen molar-refractivity contribution in [3.05, 3.63) is 48.0 Å². The van der Waals surface area contributed by atoms with Gasteiger partial charge in [-0.05, 0) is 24.8 Å². The molecule has 15 heavy (non-hydrogen) atoms. The molecular weight excluding hydrogens is 182 g/mol. The highest BCUT2D eigenvalue weighted by Gasteiger charge is 2.36. The summed E-state index contributed by atoms with van der Waals surface area (Å²) in [5, 5.41) is 0.